The van der Waals surface area contributed by atoms with Crippen LogP contribution in [0.25, 0.3) is 0 Å². The van der Waals surface area contributed by atoms with Gasteiger partial charge >= 0.3 is 0 Å². The second-order valence-electron chi connectivity index (χ2n) is 3.76. The number of thioether (sulfide) groups is 1. The molecule has 94 valence electrons. The highest BCUT2D eigenvalue weighted by molar-refractivity contribution is 7.98. The maximum atomic E-state index is 8.68. The zero-order valence-electron chi connectivity index (χ0n) is 9.89. The summed E-state index contributed by atoms with van der Waals surface area (Å²) in [4.78, 5) is 0. The molecule has 0 aromatic heterocycles. The first-order valence-electron chi connectivity index (χ1n) is 5.45. The number of aliphatic hydroxyl groups is 1. The number of oxime groups is 1. The van der Waals surface area contributed by atoms with E-state index < -0.39 is 0 Å². The van der Waals surface area contributed by atoms with Crippen molar-refractivity contribution in [3.05, 3.63) is 34.9 Å². The number of amidine groups is 1. The molecule has 0 unspecified atom stereocenters. The molecule has 5 heteroatoms. The number of hydrogen-bond donors (Lipinski definition) is 3. The van der Waals surface area contributed by atoms with E-state index in [2.05, 4.69) is 5.16 Å². The zero-order chi connectivity index (χ0) is 12.7. The molecule has 0 saturated carbocycles. The summed E-state index contributed by atoms with van der Waals surface area (Å²) in [5, 5.41) is 20.2. The topological polar surface area (TPSA) is 78.8 Å². The Bertz CT molecular complexity index is 394. The molecule has 1 rings (SSSR count). The van der Waals surface area contributed by atoms with Crippen LogP contribution in [0, 0.1) is 6.92 Å². The SMILES string of the molecule is Cc1cc(/C(N)=N/O)ccc1CSCCCO. The van der Waals surface area contributed by atoms with E-state index in [4.69, 9.17) is 16.0 Å². The third-order valence-electron chi connectivity index (χ3n) is 2.45. The molecular weight excluding hydrogens is 236 g/mol. The average Bonchev–Trinajstić information content (AvgIpc) is 2.35. The number of rotatable bonds is 6. The Morgan fingerprint density at radius 3 is 2.82 bits per heavy atom. The van der Waals surface area contributed by atoms with Gasteiger partial charge in [0, 0.05) is 17.9 Å². The Morgan fingerprint density at radius 2 is 2.24 bits per heavy atom. The van der Waals surface area contributed by atoms with E-state index in [-0.39, 0.29) is 12.4 Å². The summed E-state index contributed by atoms with van der Waals surface area (Å²) in [6.45, 7) is 2.25. The summed E-state index contributed by atoms with van der Waals surface area (Å²) in [5.74, 6) is 2.01. The van der Waals surface area contributed by atoms with Gasteiger partial charge in [0.15, 0.2) is 5.84 Å². The third kappa shape index (κ3) is 4.28. The number of aryl methyl sites for hydroxylation is 1. The van der Waals surface area contributed by atoms with Gasteiger partial charge in [-0.05, 0) is 36.3 Å². The van der Waals surface area contributed by atoms with E-state index in [1.807, 2.05) is 25.1 Å². The Morgan fingerprint density at radius 1 is 1.47 bits per heavy atom. The van der Waals surface area contributed by atoms with Gasteiger partial charge in [0.05, 0.1) is 0 Å². The van der Waals surface area contributed by atoms with Crippen molar-refractivity contribution < 1.29 is 10.3 Å². The molecule has 4 nitrogen and oxygen atoms in total. The summed E-state index contributed by atoms with van der Waals surface area (Å²) >= 11 is 1.79. The number of aliphatic hydroxyl groups excluding tert-OH is 1. The fourth-order valence-corrected chi connectivity index (χ4v) is 2.44. The molecule has 0 aliphatic heterocycles. The van der Waals surface area contributed by atoms with Gasteiger partial charge in [-0.3, -0.25) is 0 Å². The Balaban J connectivity index is 2.63. The van der Waals surface area contributed by atoms with Crippen molar-refractivity contribution in [2.24, 2.45) is 10.9 Å². The van der Waals surface area contributed by atoms with Crippen LogP contribution in [-0.2, 0) is 5.75 Å². The first kappa shape index (κ1) is 13.9. The van der Waals surface area contributed by atoms with E-state index in [1.54, 1.807) is 11.8 Å². The van der Waals surface area contributed by atoms with Gasteiger partial charge in [-0.2, -0.15) is 11.8 Å². The van der Waals surface area contributed by atoms with Gasteiger partial charge < -0.3 is 16.0 Å². The third-order valence-corrected chi connectivity index (χ3v) is 3.54. The minimum Gasteiger partial charge on any atom is -0.409 e. The minimum atomic E-state index is 0.132. The molecule has 17 heavy (non-hydrogen) atoms. The maximum Gasteiger partial charge on any atom is 0.170 e. The van der Waals surface area contributed by atoms with E-state index in [0.29, 0.717) is 0 Å². The monoisotopic (exact) mass is 254 g/mol. The molecular formula is C12H18N2O2S. The van der Waals surface area contributed by atoms with Gasteiger partial charge in [-0.25, -0.2) is 0 Å². The van der Waals surface area contributed by atoms with E-state index in [9.17, 15) is 0 Å². The molecule has 0 aliphatic carbocycles. The van der Waals surface area contributed by atoms with Crippen molar-refractivity contribution in [3.63, 3.8) is 0 Å². The van der Waals surface area contributed by atoms with Crippen LogP contribution in [0.5, 0.6) is 0 Å². The van der Waals surface area contributed by atoms with Crippen LogP contribution < -0.4 is 5.73 Å². The zero-order valence-corrected chi connectivity index (χ0v) is 10.7. The number of benzene rings is 1. The molecule has 0 aliphatic rings. The molecule has 0 bridgehead atoms. The van der Waals surface area contributed by atoms with Crippen LogP contribution in [0.15, 0.2) is 23.4 Å². The van der Waals surface area contributed by atoms with Crippen LogP contribution in [0.4, 0.5) is 0 Å². The molecule has 0 radical (unpaired) electrons. The Hall–Kier alpha value is -1.20. The normalized spacial score (nSPS) is 11.8. The van der Waals surface area contributed by atoms with Crippen molar-refractivity contribution in [1.29, 1.82) is 0 Å². The first-order chi connectivity index (χ1) is 8.19. The molecule has 0 amide bonds. The lowest BCUT2D eigenvalue weighted by Crippen LogP contribution is -2.13. The van der Waals surface area contributed by atoms with Gasteiger partial charge in [0.1, 0.15) is 0 Å². The number of nitrogens with zero attached hydrogens (tertiary/aromatic N) is 1. The van der Waals surface area contributed by atoms with Gasteiger partial charge in [-0.15, -0.1) is 0 Å². The second kappa shape index (κ2) is 7.19. The van der Waals surface area contributed by atoms with Crippen LogP contribution in [0.2, 0.25) is 0 Å². The molecule has 0 fully saturated rings. The second-order valence-corrected chi connectivity index (χ2v) is 4.86. The predicted molar refractivity (Wildman–Crippen MR) is 71.6 cm³/mol. The summed E-state index contributed by atoms with van der Waals surface area (Å²) in [6.07, 6.45) is 0.825. The van der Waals surface area contributed by atoms with Gasteiger partial charge in [0.25, 0.3) is 0 Å². The van der Waals surface area contributed by atoms with Crippen LogP contribution in [-0.4, -0.2) is 28.5 Å². The van der Waals surface area contributed by atoms with Crippen molar-refractivity contribution >= 4 is 17.6 Å². The number of nitrogens with two attached hydrogens (primary N) is 1. The molecule has 0 spiro atoms. The van der Waals surface area contributed by atoms with Crippen molar-refractivity contribution in [2.45, 2.75) is 19.1 Å². The fraction of sp³-hybridized carbons (Fsp3) is 0.417. The summed E-state index contributed by atoms with van der Waals surface area (Å²) < 4.78 is 0. The van der Waals surface area contributed by atoms with Gasteiger partial charge in [0.2, 0.25) is 0 Å². The minimum absolute atomic E-state index is 0.132. The van der Waals surface area contributed by atoms with Crippen LogP contribution in [0.3, 0.4) is 0 Å². The van der Waals surface area contributed by atoms with Crippen molar-refractivity contribution in [1.82, 2.24) is 0 Å². The summed E-state index contributed by atoms with van der Waals surface area (Å²) in [7, 11) is 0. The summed E-state index contributed by atoms with van der Waals surface area (Å²) in [5.41, 5.74) is 8.62. The smallest absolute Gasteiger partial charge is 0.170 e. The first-order valence-corrected chi connectivity index (χ1v) is 6.60. The van der Waals surface area contributed by atoms with Crippen molar-refractivity contribution in [3.8, 4) is 0 Å². The van der Waals surface area contributed by atoms with Crippen LogP contribution in [0.1, 0.15) is 23.1 Å². The van der Waals surface area contributed by atoms with E-state index in [0.717, 1.165) is 29.1 Å². The molecule has 4 N–H and O–H groups in total. The predicted octanol–water partition coefficient (Wildman–Crippen LogP) is 1.71. The fourth-order valence-electron chi connectivity index (χ4n) is 1.42. The highest BCUT2D eigenvalue weighted by atomic mass is 32.2. The van der Waals surface area contributed by atoms with Gasteiger partial charge in [-0.1, -0.05) is 17.3 Å². The highest BCUT2D eigenvalue weighted by Crippen LogP contribution is 2.18. The standard InChI is InChI=1S/C12H18N2O2S/c1-9-7-10(12(13)14-16)3-4-11(9)8-17-6-2-5-15/h3-4,7,15-16H,2,5-6,8H2,1H3,(H2,13,14). The lowest BCUT2D eigenvalue weighted by molar-refractivity contribution is 0.296. The van der Waals surface area contributed by atoms with E-state index >= 15 is 0 Å². The molecule has 1 aromatic carbocycles. The molecule has 1 aromatic rings. The molecule has 0 heterocycles. The number of hydrogen-bond acceptors (Lipinski definition) is 4. The molecule has 0 atom stereocenters. The Kier molecular flexibility index (Phi) is 5.86. The van der Waals surface area contributed by atoms with E-state index in [1.165, 1.54) is 5.56 Å². The summed E-state index contributed by atoms with van der Waals surface area (Å²) in [6, 6.07) is 5.76. The van der Waals surface area contributed by atoms with Crippen molar-refractivity contribution in [2.75, 3.05) is 12.4 Å². The Labute approximate surface area is 106 Å². The largest absolute Gasteiger partial charge is 0.409 e. The highest BCUT2D eigenvalue weighted by Gasteiger charge is 2.03. The average molecular weight is 254 g/mol. The van der Waals surface area contributed by atoms with Crippen LogP contribution >= 0.6 is 11.8 Å². The maximum absolute atomic E-state index is 8.68. The quantitative estimate of drug-likeness (QED) is 0.237. The lowest BCUT2D eigenvalue weighted by Gasteiger charge is -2.07. The lowest BCUT2D eigenvalue weighted by atomic mass is 10.1. The molecule has 0 saturated heterocycles.